The summed E-state index contributed by atoms with van der Waals surface area (Å²) in [5.41, 5.74) is 1.24. The van der Waals surface area contributed by atoms with Crippen molar-refractivity contribution in [3.63, 3.8) is 0 Å². The number of anilines is 2. The molecule has 3 N–H and O–H groups in total. The van der Waals surface area contributed by atoms with Crippen molar-refractivity contribution in [1.29, 1.82) is 0 Å². The molecule has 0 spiro atoms. The molecule has 0 atom stereocenters. The van der Waals surface area contributed by atoms with Crippen molar-refractivity contribution in [3.8, 4) is 0 Å². The van der Waals surface area contributed by atoms with Crippen molar-refractivity contribution in [1.82, 2.24) is 4.72 Å². The summed E-state index contributed by atoms with van der Waals surface area (Å²) in [6.45, 7) is 0.826. The Morgan fingerprint density at radius 1 is 1.20 bits per heavy atom. The molecule has 0 saturated carbocycles. The monoisotopic (exact) mass is 302 g/mol. The van der Waals surface area contributed by atoms with Crippen LogP contribution in [0.2, 0.25) is 0 Å². The average Bonchev–Trinajstić information content (AvgIpc) is 2.36. The van der Waals surface area contributed by atoms with Crippen molar-refractivity contribution < 1.29 is 13.3 Å². The van der Waals surface area contributed by atoms with E-state index < -0.39 is 14.9 Å². The largest absolute Gasteiger partial charge is 0.388 e. The van der Waals surface area contributed by atoms with Gasteiger partial charge in [0.15, 0.2) is 0 Å². The topological polar surface area (TPSA) is 113 Å². The third-order valence-corrected chi connectivity index (χ3v) is 3.19. The summed E-state index contributed by atoms with van der Waals surface area (Å²) in [6, 6.07) is 4.62. The van der Waals surface area contributed by atoms with E-state index in [1.54, 1.807) is 13.1 Å². The summed E-state index contributed by atoms with van der Waals surface area (Å²) in [5.74, 6) is 0. The summed E-state index contributed by atoms with van der Waals surface area (Å²) >= 11 is 0. The van der Waals surface area contributed by atoms with Gasteiger partial charge in [-0.3, -0.25) is 10.1 Å². The zero-order chi connectivity index (χ0) is 15.2. The maximum Gasteiger partial charge on any atom is 0.273 e. The van der Waals surface area contributed by atoms with Gasteiger partial charge in [0.05, 0.1) is 11.2 Å². The summed E-state index contributed by atoms with van der Waals surface area (Å²) in [7, 11) is -1.50. The number of rotatable bonds is 8. The van der Waals surface area contributed by atoms with Crippen molar-refractivity contribution in [2.24, 2.45) is 0 Å². The van der Waals surface area contributed by atoms with E-state index in [1.165, 1.54) is 12.1 Å². The number of sulfonamides is 1. The highest BCUT2D eigenvalue weighted by molar-refractivity contribution is 7.88. The van der Waals surface area contributed by atoms with Crippen LogP contribution >= 0.6 is 0 Å². The van der Waals surface area contributed by atoms with Gasteiger partial charge in [0.1, 0.15) is 0 Å². The first-order valence-corrected chi connectivity index (χ1v) is 7.87. The molecule has 0 aromatic heterocycles. The maximum atomic E-state index is 10.9. The Balaban J connectivity index is 2.55. The van der Waals surface area contributed by atoms with Crippen LogP contribution in [0.5, 0.6) is 0 Å². The van der Waals surface area contributed by atoms with Gasteiger partial charge in [-0.05, 0) is 12.5 Å². The quantitative estimate of drug-likeness (QED) is 0.375. The predicted octanol–water partition coefficient (Wildman–Crippen LogP) is 0.988. The first kappa shape index (κ1) is 16.2. The number of nitrogens with one attached hydrogen (secondary N) is 3. The fourth-order valence-electron chi connectivity index (χ4n) is 1.54. The maximum absolute atomic E-state index is 10.9. The van der Waals surface area contributed by atoms with E-state index in [0.717, 1.165) is 6.26 Å². The fraction of sp³-hybridized carbons (Fsp3) is 0.455. The molecule has 1 aromatic carbocycles. The van der Waals surface area contributed by atoms with Crippen LogP contribution in [-0.4, -0.2) is 39.7 Å². The van der Waals surface area contributed by atoms with Crippen molar-refractivity contribution in [3.05, 3.63) is 28.3 Å². The summed E-state index contributed by atoms with van der Waals surface area (Å²) < 4.78 is 24.1. The molecule has 0 aliphatic carbocycles. The Kier molecular flexibility index (Phi) is 5.71. The van der Waals surface area contributed by atoms with Crippen LogP contribution in [0.4, 0.5) is 17.1 Å². The minimum absolute atomic E-state index is 0.00592. The summed E-state index contributed by atoms with van der Waals surface area (Å²) in [6.07, 6.45) is 1.67. The molecule has 1 aromatic rings. The number of non-ortho nitro benzene ring substituents is 1. The molecule has 0 unspecified atom stereocenters. The van der Waals surface area contributed by atoms with Crippen molar-refractivity contribution >= 4 is 27.1 Å². The SMILES string of the molecule is CNc1cc(NCCCNS(C)(=O)=O)cc([N+](=O)[O-])c1. The van der Waals surface area contributed by atoms with Crippen molar-refractivity contribution in [2.45, 2.75) is 6.42 Å². The third-order valence-electron chi connectivity index (χ3n) is 2.46. The summed E-state index contributed by atoms with van der Waals surface area (Å²) in [4.78, 5) is 10.3. The molecular weight excluding hydrogens is 284 g/mol. The molecule has 0 amide bonds. The second kappa shape index (κ2) is 7.06. The highest BCUT2D eigenvalue weighted by atomic mass is 32.2. The van der Waals surface area contributed by atoms with Crippen LogP contribution in [0, 0.1) is 10.1 Å². The lowest BCUT2D eigenvalue weighted by Gasteiger charge is -2.09. The van der Waals surface area contributed by atoms with Crippen LogP contribution in [0.1, 0.15) is 6.42 Å². The molecule has 9 heteroatoms. The second-order valence-electron chi connectivity index (χ2n) is 4.22. The highest BCUT2D eigenvalue weighted by Gasteiger charge is 2.09. The van der Waals surface area contributed by atoms with Gasteiger partial charge in [0.25, 0.3) is 5.69 Å². The Morgan fingerprint density at radius 3 is 2.40 bits per heavy atom. The first-order chi connectivity index (χ1) is 9.31. The molecule has 8 nitrogen and oxygen atoms in total. The Hall–Kier alpha value is -1.87. The molecule has 0 heterocycles. The van der Waals surface area contributed by atoms with E-state index in [2.05, 4.69) is 15.4 Å². The van der Waals surface area contributed by atoms with Crippen LogP contribution in [0.25, 0.3) is 0 Å². The van der Waals surface area contributed by atoms with Crippen LogP contribution in [-0.2, 0) is 10.0 Å². The zero-order valence-corrected chi connectivity index (χ0v) is 12.2. The van der Waals surface area contributed by atoms with E-state index in [9.17, 15) is 18.5 Å². The second-order valence-corrected chi connectivity index (χ2v) is 6.06. The molecule has 0 aliphatic rings. The molecule has 112 valence electrons. The molecule has 0 radical (unpaired) electrons. The lowest BCUT2D eigenvalue weighted by molar-refractivity contribution is -0.384. The van der Waals surface area contributed by atoms with Gasteiger partial charge < -0.3 is 10.6 Å². The van der Waals surface area contributed by atoms with Gasteiger partial charge in [0, 0.05) is 43.6 Å². The molecule has 0 bridgehead atoms. The minimum Gasteiger partial charge on any atom is -0.388 e. The van der Waals surface area contributed by atoms with Gasteiger partial charge in [-0.2, -0.15) is 0 Å². The average molecular weight is 302 g/mol. The van der Waals surface area contributed by atoms with Gasteiger partial charge in [-0.15, -0.1) is 0 Å². The van der Waals surface area contributed by atoms with E-state index in [0.29, 0.717) is 30.9 Å². The normalized spacial score (nSPS) is 11.1. The standard InChI is InChI=1S/C11H18N4O4S/c1-12-9-6-10(8-11(7-9)15(16)17)13-4-3-5-14-20(2,18)19/h6-8,12-14H,3-5H2,1-2H3. The number of nitro groups is 1. The first-order valence-electron chi connectivity index (χ1n) is 5.97. The Morgan fingerprint density at radius 2 is 1.85 bits per heavy atom. The van der Waals surface area contributed by atoms with Gasteiger partial charge in [0.2, 0.25) is 10.0 Å². The molecule has 0 saturated heterocycles. The predicted molar refractivity (Wildman–Crippen MR) is 78.6 cm³/mol. The van der Waals surface area contributed by atoms with Crippen LogP contribution in [0.3, 0.4) is 0 Å². The van der Waals surface area contributed by atoms with E-state index in [-0.39, 0.29) is 5.69 Å². The lowest BCUT2D eigenvalue weighted by Crippen LogP contribution is -2.24. The Labute approximate surface area is 117 Å². The smallest absolute Gasteiger partial charge is 0.273 e. The number of hydrogen-bond donors (Lipinski definition) is 3. The molecular formula is C11H18N4O4S. The minimum atomic E-state index is -3.17. The van der Waals surface area contributed by atoms with Crippen LogP contribution < -0.4 is 15.4 Å². The highest BCUT2D eigenvalue weighted by Crippen LogP contribution is 2.23. The number of hydrogen-bond acceptors (Lipinski definition) is 6. The Bertz CT molecular complexity index is 574. The lowest BCUT2D eigenvalue weighted by atomic mass is 10.2. The molecule has 1 rings (SSSR count). The molecule has 0 fully saturated rings. The fourth-order valence-corrected chi connectivity index (χ4v) is 2.06. The van der Waals surface area contributed by atoms with E-state index >= 15 is 0 Å². The van der Waals surface area contributed by atoms with Crippen molar-refractivity contribution in [2.75, 3.05) is 37.0 Å². The van der Waals surface area contributed by atoms with E-state index in [4.69, 9.17) is 0 Å². The molecule has 20 heavy (non-hydrogen) atoms. The van der Waals surface area contributed by atoms with E-state index in [1.807, 2.05) is 0 Å². The van der Waals surface area contributed by atoms with Gasteiger partial charge >= 0.3 is 0 Å². The third kappa shape index (κ3) is 5.85. The zero-order valence-electron chi connectivity index (χ0n) is 11.3. The van der Waals surface area contributed by atoms with Gasteiger partial charge in [-0.1, -0.05) is 0 Å². The van der Waals surface area contributed by atoms with Crippen LogP contribution in [0.15, 0.2) is 18.2 Å². The summed E-state index contributed by atoms with van der Waals surface area (Å²) in [5, 5.41) is 16.7. The van der Waals surface area contributed by atoms with Gasteiger partial charge in [-0.25, -0.2) is 13.1 Å². The number of nitrogens with zero attached hydrogens (tertiary/aromatic N) is 1. The number of nitro benzene ring substituents is 1. The number of benzene rings is 1. The molecule has 0 aliphatic heterocycles.